The number of carbonyl (C=O) groups is 1. The van der Waals surface area contributed by atoms with E-state index in [0.717, 1.165) is 17.4 Å². The highest BCUT2D eigenvalue weighted by atomic mass is 35.5. The molecule has 0 amide bonds. The van der Waals surface area contributed by atoms with E-state index < -0.39 is 5.97 Å². The molecule has 0 aliphatic carbocycles. The molecule has 0 spiro atoms. The van der Waals surface area contributed by atoms with Crippen LogP contribution < -0.4 is 10.1 Å². The molecular weight excluding hydrogens is 322 g/mol. The Morgan fingerprint density at radius 2 is 2.35 bits per heavy atom. The van der Waals surface area contributed by atoms with Crippen LogP contribution in [0.5, 0.6) is 5.75 Å². The van der Waals surface area contributed by atoms with E-state index in [0.29, 0.717) is 20.2 Å². The lowest BCUT2D eigenvalue weighted by Gasteiger charge is -2.06. The highest BCUT2D eigenvalue weighted by Crippen LogP contribution is 2.31. The topological polar surface area (TPSA) is 84.3 Å². The minimum Gasteiger partial charge on any atom is -0.495 e. The highest BCUT2D eigenvalue weighted by molar-refractivity contribution is 8.01. The van der Waals surface area contributed by atoms with Gasteiger partial charge in [-0.05, 0) is 18.2 Å². The molecule has 1 heterocycles. The smallest absolute Gasteiger partial charge is 0.313 e. The second-order valence-corrected chi connectivity index (χ2v) is 6.14. The Hall–Kier alpha value is -1.51. The molecule has 0 bridgehead atoms. The summed E-state index contributed by atoms with van der Waals surface area (Å²) in [6, 6.07) is 5.26. The number of rotatable bonds is 6. The van der Waals surface area contributed by atoms with Crippen LogP contribution in [0.25, 0.3) is 0 Å². The maximum Gasteiger partial charge on any atom is 0.313 e. The molecule has 106 valence electrons. The van der Waals surface area contributed by atoms with E-state index in [2.05, 4.69) is 15.5 Å². The van der Waals surface area contributed by atoms with E-state index in [9.17, 15) is 4.79 Å². The number of hydrogen-bond acceptors (Lipinski definition) is 7. The number of anilines is 2. The number of benzene rings is 1. The van der Waals surface area contributed by atoms with E-state index in [4.69, 9.17) is 21.4 Å². The summed E-state index contributed by atoms with van der Waals surface area (Å²) in [6.07, 6.45) is 0. The third kappa shape index (κ3) is 3.99. The van der Waals surface area contributed by atoms with E-state index in [1.54, 1.807) is 25.3 Å². The average molecular weight is 332 g/mol. The van der Waals surface area contributed by atoms with Crippen molar-refractivity contribution in [3.8, 4) is 5.75 Å². The Morgan fingerprint density at radius 1 is 1.55 bits per heavy atom. The first-order chi connectivity index (χ1) is 9.58. The summed E-state index contributed by atoms with van der Waals surface area (Å²) in [5.41, 5.74) is 0.752. The van der Waals surface area contributed by atoms with Crippen LogP contribution in [0.4, 0.5) is 10.8 Å². The fourth-order valence-electron chi connectivity index (χ4n) is 1.31. The van der Waals surface area contributed by atoms with Gasteiger partial charge in [0.25, 0.3) is 0 Å². The van der Waals surface area contributed by atoms with Gasteiger partial charge >= 0.3 is 5.97 Å². The van der Waals surface area contributed by atoms with E-state index in [1.807, 2.05) is 0 Å². The average Bonchev–Trinajstić information content (AvgIpc) is 2.84. The number of thioether (sulfide) groups is 1. The van der Waals surface area contributed by atoms with Gasteiger partial charge in [-0.25, -0.2) is 0 Å². The fraction of sp³-hybridized carbons (Fsp3) is 0.182. The van der Waals surface area contributed by atoms with Gasteiger partial charge in [-0.1, -0.05) is 34.7 Å². The van der Waals surface area contributed by atoms with Gasteiger partial charge in [0.1, 0.15) is 5.75 Å². The van der Waals surface area contributed by atoms with Crippen molar-refractivity contribution in [2.45, 2.75) is 4.34 Å². The standard InChI is InChI=1S/C11H10ClN3O3S2/c1-18-8-3-2-6(4-7(8)12)13-10-14-15-11(20-10)19-5-9(16)17/h2-4H,5H2,1H3,(H,13,14)(H,16,17). The second-order valence-electron chi connectivity index (χ2n) is 3.53. The van der Waals surface area contributed by atoms with Crippen molar-refractivity contribution in [1.29, 1.82) is 0 Å². The molecule has 0 saturated carbocycles. The van der Waals surface area contributed by atoms with Gasteiger partial charge in [-0.2, -0.15) is 0 Å². The molecule has 0 unspecified atom stereocenters. The van der Waals surface area contributed by atoms with E-state index >= 15 is 0 Å². The summed E-state index contributed by atoms with van der Waals surface area (Å²) >= 11 is 8.42. The summed E-state index contributed by atoms with van der Waals surface area (Å²) in [7, 11) is 1.55. The summed E-state index contributed by atoms with van der Waals surface area (Å²) in [5.74, 6) is -0.336. The van der Waals surface area contributed by atoms with Crippen molar-refractivity contribution in [2.75, 3.05) is 18.2 Å². The van der Waals surface area contributed by atoms with Crippen LogP contribution in [0.1, 0.15) is 0 Å². The quantitative estimate of drug-likeness (QED) is 0.786. The first-order valence-corrected chi connectivity index (χ1v) is 7.55. The summed E-state index contributed by atoms with van der Waals surface area (Å²) in [5, 5.41) is 20.5. The fourth-order valence-corrected chi connectivity index (χ4v) is 3.06. The van der Waals surface area contributed by atoms with Crippen LogP contribution in [0.2, 0.25) is 5.02 Å². The Bertz CT molecular complexity index is 621. The molecule has 2 aromatic rings. The van der Waals surface area contributed by atoms with Crippen LogP contribution in [0, 0.1) is 0 Å². The number of halogens is 1. The van der Waals surface area contributed by atoms with Crippen molar-refractivity contribution >= 4 is 51.5 Å². The van der Waals surface area contributed by atoms with Crippen molar-refractivity contribution < 1.29 is 14.6 Å². The van der Waals surface area contributed by atoms with Crippen LogP contribution in [-0.4, -0.2) is 34.1 Å². The summed E-state index contributed by atoms with van der Waals surface area (Å²) in [4.78, 5) is 10.5. The SMILES string of the molecule is COc1ccc(Nc2nnc(SCC(=O)O)s2)cc1Cl. The zero-order valence-electron chi connectivity index (χ0n) is 10.3. The molecule has 6 nitrogen and oxygen atoms in total. The third-order valence-corrected chi connectivity index (χ3v) is 4.38. The Morgan fingerprint density at radius 3 is 3.00 bits per heavy atom. The van der Waals surface area contributed by atoms with Crippen LogP contribution in [0.15, 0.2) is 22.5 Å². The largest absolute Gasteiger partial charge is 0.495 e. The number of aliphatic carboxylic acids is 1. The number of methoxy groups -OCH3 is 1. The zero-order chi connectivity index (χ0) is 14.5. The van der Waals surface area contributed by atoms with Gasteiger partial charge < -0.3 is 15.2 Å². The minimum absolute atomic E-state index is 0.0387. The third-order valence-electron chi connectivity index (χ3n) is 2.13. The van der Waals surface area contributed by atoms with Gasteiger partial charge in [0.2, 0.25) is 5.13 Å². The molecule has 2 N–H and O–H groups in total. The van der Waals surface area contributed by atoms with Gasteiger partial charge in [-0.3, -0.25) is 4.79 Å². The molecule has 0 aliphatic rings. The first kappa shape index (κ1) is 14.9. The van der Waals surface area contributed by atoms with Gasteiger partial charge in [0.15, 0.2) is 4.34 Å². The van der Waals surface area contributed by atoms with Gasteiger partial charge in [-0.15, -0.1) is 10.2 Å². The van der Waals surface area contributed by atoms with Crippen molar-refractivity contribution in [1.82, 2.24) is 10.2 Å². The number of carboxylic acid groups (broad SMARTS) is 1. The van der Waals surface area contributed by atoms with Crippen LogP contribution >= 0.6 is 34.7 Å². The molecule has 0 atom stereocenters. The maximum atomic E-state index is 10.5. The number of hydrogen-bond donors (Lipinski definition) is 2. The molecule has 20 heavy (non-hydrogen) atoms. The monoisotopic (exact) mass is 331 g/mol. The van der Waals surface area contributed by atoms with Crippen LogP contribution in [-0.2, 0) is 4.79 Å². The normalized spacial score (nSPS) is 10.3. The van der Waals surface area contributed by atoms with E-state index in [1.165, 1.54) is 11.3 Å². The molecule has 0 saturated heterocycles. The second kappa shape index (κ2) is 6.78. The lowest BCUT2D eigenvalue weighted by atomic mass is 10.3. The molecule has 0 fully saturated rings. The number of nitrogens with one attached hydrogen (secondary N) is 1. The molecule has 0 radical (unpaired) electrons. The number of carboxylic acids is 1. The molecule has 0 aliphatic heterocycles. The summed E-state index contributed by atoms with van der Waals surface area (Å²) < 4.78 is 5.66. The van der Waals surface area contributed by atoms with Crippen molar-refractivity contribution in [2.24, 2.45) is 0 Å². The van der Waals surface area contributed by atoms with Crippen molar-refractivity contribution in [3.63, 3.8) is 0 Å². The number of ether oxygens (including phenoxy) is 1. The maximum absolute atomic E-state index is 10.5. The Balaban J connectivity index is 2.03. The minimum atomic E-state index is -0.887. The number of nitrogens with zero attached hydrogens (tertiary/aromatic N) is 2. The molecule has 1 aromatic carbocycles. The first-order valence-electron chi connectivity index (χ1n) is 5.37. The lowest BCUT2D eigenvalue weighted by Crippen LogP contribution is -1.96. The highest BCUT2D eigenvalue weighted by Gasteiger charge is 2.08. The molecule has 9 heteroatoms. The molecule has 1 aromatic heterocycles. The zero-order valence-corrected chi connectivity index (χ0v) is 12.7. The van der Waals surface area contributed by atoms with Gasteiger partial charge in [0.05, 0.1) is 17.9 Å². The van der Waals surface area contributed by atoms with E-state index in [-0.39, 0.29) is 5.75 Å². The van der Waals surface area contributed by atoms with Gasteiger partial charge in [0, 0.05) is 5.69 Å². The molecular formula is C11H10ClN3O3S2. The predicted octanol–water partition coefficient (Wildman–Crippen LogP) is 3.12. The van der Waals surface area contributed by atoms with Crippen molar-refractivity contribution in [3.05, 3.63) is 23.2 Å². The Labute approximate surface area is 128 Å². The summed E-state index contributed by atoms with van der Waals surface area (Å²) in [6.45, 7) is 0. The predicted molar refractivity (Wildman–Crippen MR) is 79.6 cm³/mol. The lowest BCUT2D eigenvalue weighted by molar-refractivity contribution is -0.133. The number of aromatic nitrogens is 2. The Kier molecular flexibility index (Phi) is 5.05. The molecule has 2 rings (SSSR count). The van der Waals surface area contributed by atoms with Crippen LogP contribution in [0.3, 0.4) is 0 Å².